The predicted octanol–water partition coefficient (Wildman–Crippen LogP) is 5.06. The van der Waals surface area contributed by atoms with E-state index in [-0.39, 0.29) is 11.9 Å². The molecule has 0 saturated carbocycles. The summed E-state index contributed by atoms with van der Waals surface area (Å²) in [7, 11) is 1.96. The molecule has 4 heteroatoms. The van der Waals surface area contributed by atoms with Crippen molar-refractivity contribution in [3.8, 4) is 0 Å². The van der Waals surface area contributed by atoms with Crippen LogP contribution in [0.25, 0.3) is 0 Å². The average Bonchev–Trinajstić information content (AvgIpc) is 2.71. The molecule has 3 rings (SSSR count). The van der Waals surface area contributed by atoms with E-state index in [9.17, 15) is 4.79 Å². The van der Waals surface area contributed by atoms with Gasteiger partial charge in [-0.1, -0.05) is 55.5 Å². The monoisotopic (exact) mass is 359 g/mol. The van der Waals surface area contributed by atoms with Crippen molar-refractivity contribution in [2.45, 2.75) is 13.0 Å². The Morgan fingerprint density at radius 1 is 0.815 bits per heavy atom. The van der Waals surface area contributed by atoms with Crippen LogP contribution in [0.2, 0.25) is 0 Å². The van der Waals surface area contributed by atoms with Crippen molar-refractivity contribution in [2.75, 3.05) is 24.2 Å². The highest BCUT2D eigenvalue weighted by atomic mass is 16.2. The lowest BCUT2D eigenvalue weighted by molar-refractivity contribution is -0.121. The van der Waals surface area contributed by atoms with Crippen LogP contribution >= 0.6 is 0 Å². The minimum atomic E-state index is -0.321. The number of nitrogens with one attached hydrogen (secondary N) is 2. The van der Waals surface area contributed by atoms with Crippen molar-refractivity contribution in [3.05, 3.63) is 90.5 Å². The first-order chi connectivity index (χ1) is 13.2. The van der Waals surface area contributed by atoms with Gasteiger partial charge < -0.3 is 10.6 Å². The highest BCUT2D eigenvalue weighted by molar-refractivity contribution is 5.95. The number of hydrogen-bond acceptors (Lipinski definition) is 3. The summed E-state index contributed by atoms with van der Waals surface area (Å²) in [6.07, 6.45) is 0. The average molecular weight is 359 g/mol. The summed E-state index contributed by atoms with van der Waals surface area (Å²) in [5.41, 5.74) is 3.78. The summed E-state index contributed by atoms with van der Waals surface area (Å²) in [4.78, 5) is 15.0. The molecule has 0 aromatic heterocycles. The van der Waals surface area contributed by atoms with Crippen LogP contribution < -0.4 is 10.6 Å². The Hall–Kier alpha value is -3.11. The van der Waals surface area contributed by atoms with Gasteiger partial charge >= 0.3 is 0 Å². The number of para-hydroxylation sites is 1. The molecule has 1 unspecified atom stereocenters. The van der Waals surface area contributed by atoms with Crippen molar-refractivity contribution in [1.29, 1.82) is 0 Å². The normalized spacial score (nSPS) is 11.8. The Kier molecular flexibility index (Phi) is 6.23. The Bertz CT molecular complexity index is 848. The number of amides is 1. The molecule has 138 valence electrons. The molecule has 0 fully saturated rings. The van der Waals surface area contributed by atoms with Crippen molar-refractivity contribution in [1.82, 2.24) is 4.90 Å². The fraction of sp³-hybridized carbons (Fsp3) is 0.174. The summed E-state index contributed by atoms with van der Waals surface area (Å²) < 4.78 is 0. The lowest BCUT2D eigenvalue weighted by Gasteiger charge is -2.26. The summed E-state index contributed by atoms with van der Waals surface area (Å²) in [5.74, 6) is -0.0330. The van der Waals surface area contributed by atoms with E-state index >= 15 is 0 Å². The van der Waals surface area contributed by atoms with Gasteiger partial charge in [-0.25, -0.2) is 0 Å². The van der Waals surface area contributed by atoms with Crippen molar-refractivity contribution in [2.24, 2.45) is 0 Å². The van der Waals surface area contributed by atoms with Gasteiger partial charge in [0.05, 0.1) is 0 Å². The Morgan fingerprint density at radius 2 is 1.33 bits per heavy atom. The molecular formula is C23H25N3O. The van der Waals surface area contributed by atoms with Crippen molar-refractivity contribution in [3.63, 3.8) is 0 Å². The van der Waals surface area contributed by atoms with E-state index < -0.39 is 0 Å². The van der Waals surface area contributed by atoms with Crippen LogP contribution in [0, 0.1) is 0 Å². The lowest BCUT2D eigenvalue weighted by Crippen LogP contribution is -2.34. The van der Waals surface area contributed by atoms with E-state index in [1.54, 1.807) is 0 Å². The van der Waals surface area contributed by atoms with E-state index in [1.807, 2.05) is 104 Å². The topological polar surface area (TPSA) is 44.4 Å². The Morgan fingerprint density at radius 3 is 1.93 bits per heavy atom. The van der Waals surface area contributed by atoms with Crippen LogP contribution in [0.5, 0.6) is 0 Å². The SMILES string of the molecule is CCN(C)C(C(=O)Nc1ccc(Nc2ccccc2)cc1)c1ccccc1. The maximum Gasteiger partial charge on any atom is 0.246 e. The number of benzene rings is 3. The third-order valence-corrected chi connectivity index (χ3v) is 4.52. The summed E-state index contributed by atoms with van der Waals surface area (Å²) in [6, 6.07) is 27.3. The number of hydrogen-bond donors (Lipinski definition) is 2. The molecule has 2 N–H and O–H groups in total. The van der Waals surface area contributed by atoms with E-state index in [1.165, 1.54) is 0 Å². The van der Waals surface area contributed by atoms with Crippen LogP contribution in [0.3, 0.4) is 0 Å². The summed E-state index contributed by atoms with van der Waals surface area (Å²) in [5, 5.41) is 6.38. The predicted molar refractivity (Wildman–Crippen MR) is 112 cm³/mol. The fourth-order valence-corrected chi connectivity index (χ4v) is 2.96. The molecule has 0 bridgehead atoms. The second-order valence-corrected chi connectivity index (χ2v) is 6.44. The van der Waals surface area contributed by atoms with Crippen molar-refractivity contribution < 1.29 is 4.79 Å². The molecule has 4 nitrogen and oxygen atoms in total. The first-order valence-corrected chi connectivity index (χ1v) is 9.15. The standard InChI is InChI=1S/C23H25N3O/c1-3-26(2)22(18-10-6-4-7-11-18)23(27)25-21-16-14-20(15-17-21)24-19-12-8-5-9-13-19/h4-17,22,24H,3H2,1-2H3,(H,25,27). The van der Waals surface area contributed by atoms with Crippen LogP contribution in [-0.4, -0.2) is 24.4 Å². The maximum absolute atomic E-state index is 12.9. The van der Waals surface area contributed by atoms with Gasteiger partial charge in [-0.15, -0.1) is 0 Å². The largest absolute Gasteiger partial charge is 0.356 e. The smallest absolute Gasteiger partial charge is 0.246 e. The molecule has 0 aliphatic carbocycles. The van der Waals surface area contributed by atoms with Gasteiger partial charge in [-0.05, 0) is 55.6 Å². The van der Waals surface area contributed by atoms with Gasteiger partial charge in [0.1, 0.15) is 6.04 Å². The first kappa shape index (κ1) is 18.7. The molecule has 1 amide bonds. The lowest BCUT2D eigenvalue weighted by atomic mass is 10.0. The highest BCUT2D eigenvalue weighted by Gasteiger charge is 2.24. The minimum Gasteiger partial charge on any atom is -0.356 e. The van der Waals surface area contributed by atoms with E-state index in [4.69, 9.17) is 0 Å². The number of likely N-dealkylation sites (N-methyl/N-ethyl adjacent to an activating group) is 1. The number of nitrogens with zero attached hydrogens (tertiary/aromatic N) is 1. The zero-order valence-electron chi connectivity index (χ0n) is 15.7. The maximum atomic E-state index is 12.9. The van der Waals surface area contributed by atoms with Crippen LogP contribution in [0.1, 0.15) is 18.5 Å². The second kappa shape index (κ2) is 9.01. The molecule has 0 aliphatic rings. The van der Waals surface area contributed by atoms with E-state index in [0.717, 1.165) is 29.2 Å². The second-order valence-electron chi connectivity index (χ2n) is 6.44. The molecular weight excluding hydrogens is 334 g/mol. The Balaban J connectivity index is 1.70. The molecule has 27 heavy (non-hydrogen) atoms. The highest BCUT2D eigenvalue weighted by Crippen LogP contribution is 2.23. The molecule has 3 aromatic rings. The van der Waals surface area contributed by atoms with Crippen LogP contribution in [0.15, 0.2) is 84.9 Å². The molecule has 0 radical (unpaired) electrons. The van der Waals surface area contributed by atoms with Gasteiger partial charge in [0, 0.05) is 17.1 Å². The summed E-state index contributed by atoms with van der Waals surface area (Å²) >= 11 is 0. The number of carbonyl (C=O) groups excluding carboxylic acids is 1. The Labute approximate surface area is 160 Å². The van der Waals surface area contributed by atoms with Gasteiger partial charge in [0.15, 0.2) is 0 Å². The molecule has 0 aliphatic heterocycles. The summed E-state index contributed by atoms with van der Waals surface area (Å²) in [6.45, 7) is 2.83. The van der Waals surface area contributed by atoms with Gasteiger partial charge in [0.25, 0.3) is 0 Å². The third kappa shape index (κ3) is 4.96. The number of anilines is 3. The molecule has 3 aromatic carbocycles. The van der Waals surface area contributed by atoms with Gasteiger partial charge in [0.2, 0.25) is 5.91 Å². The van der Waals surface area contributed by atoms with Gasteiger partial charge in [-0.3, -0.25) is 9.69 Å². The van der Waals surface area contributed by atoms with Gasteiger partial charge in [-0.2, -0.15) is 0 Å². The quantitative estimate of drug-likeness (QED) is 0.619. The van der Waals surface area contributed by atoms with E-state index in [0.29, 0.717) is 0 Å². The van der Waals surface area contributed by atoms with Crippen LogP contribution in [-0.2, 0) is 4.79 Å². The molecule has 0 saturated heterocycles. The first-order valence-electron chi connectivity index (χ1n) is 9.15. The van der Waals surface area contributed by atoms with Crippen molar-refractivity contribution >= 4 is 23.0 Å². The molecule has 1 atom stereocenters. The number of rotatable bonds is 7. The minimum absolute atomic E-state index is 0.0330. The fourth-order valence-electron chi connectivity index (χ4n) is 2.96. The zero-order valence-corrected chi connectivity index (χ0v) is 15.7. The van der Waals surface area contributed by atoms with E-state index in [2.05, 4.69) is 10.6 Å². The number of carbonyl (C=O) groups is 1. The zero-order chi connectivity index (χ0) is 19.1. The van der Waals surface area contributed by atoms with Crippen LogP contribution in [0.4, 0.5) is 17.1 Å². The molecule has 0 heterocycles. The third-order valence-electron chi connectivity index (χ3n) is 4.52. The molecule has 0 spiro atoms.